The highest BCUT2D eigenvalue weighted by molar-refractivity contribution is 6.03. The Kier molecular flexibility index (Phi) is 6.23. The fourth-order valence-corrected chi connectivity index (χ4v) is 2.88. The zero-order chi connectivity index (χ0) is 21.7. The molecule has 8 heteroatoms. The molecular weight excluding hydrogens is 384 g/mol. The van der Waals surface area contributed by atoms with Gasteiger partial charge in [-0.1, -0.05) is 32.0 Å². The van der Waals surface area contributed by atoms with Gasteiger partial charge in [-0.05, 0) is 36.2 Å². The number of nitriles is 1. The number of amides is 1. The third kappa shape index (κ3) is 4.70. The lowest BCUT2D eigenvalue weighted by Gasteiger charge is -2.12. The summed E-state index contributed by atoms with van der Waals surface area (Å²) >= 11 is 0. The van der Waals surface area contributed by atoms with Gasteiger partial charge in [0.2, 0.25) is 0 Å². The minimum atomic E-state index is -0.793. The van der Waals surface area contributed by atoms with Crippen molar-refractivity contribution in [1.29, 1.82) is 5.26 Å². The number of nitrogens with one attached hydrogen (secondary N) is 1. The second kappa shape index (κ2) is 9.01. The number of fused-ring (bicyclic) bond motifs is 1. The lowest BCUT2D eigenvalue weighted by atomic mass is 10.1. The monoisotopic (exact) mass is 404 g/mol. The molecule has 0 radical (unpaired) electrons. The van der Waals surface area contributed by atoms with E-state index in [1.54, 1.807) is 48.5 Å². The van der Waals surface area contributed by atoms with Crippen molar-refractivity contribution >= 4 is 28.3 Å². The van der Waals surface area contributed by atoms with Crippen molar-refractivity contribution in [2.45, 2.75) is 20.4 Å². The van der Waals surface area contributed by atoms with Crippen LogP contribution in [0.15, 0.2) is 53.3 Å². The normalized spacial score (nSPS) is 10.6. The highest BCUT2D eigenvalue weighted by Gasteiger charge is 2.19. The molecule has 1 heterocycles. The van der Waals surface area contributed by atoms with E-state index in [9.17, 15) is 14.4 Å². The average molecular weight is 404 g/mol. The van der Waals surface area contributed by atoms with Crippen molar-refractivity contribution in [3.05, 3.63) is 70.1 Å². The molecule has 0 aliphatic carbocycles. The van der Waals surface area contributed by atoms with Gasteiger partial charge in [-0.2, -0.15) is 10.4 Å². The first-order chi connectivity index (χ1) is 14.4. The van der Waals surface area contributed by atoms with Crippen LogP contribution in [0, 0.1) is 17.2 Å². The van der Waals surface area contributed by atoms with Crippen LogP contribution < -0.4 is 10.9 Å². The number of ether oxygens (including phenoxy) is 1. The third-order valence-corrected chi connectivity index (χ3v) is 4.23. The smallest absolute Gasteiger partial charge is 0.359 e. The van der Waals surface area contributed by atoms with Crippen LogP contribution in [0.25, 0.3) is 10.8 Å². The highest BCUT2D eigenvalue weighted by atomic mass is 16.5. The number of rotatable bonds is 6. The zero-order valence-corrected chi connectivity index (χ0v) is 16.6. The van der Waals surface area contributed by atoms with E-state index in [-0.39, 0.29) is 17.2 Å². The second-order valence-corrected chi connectivity index (χ2v) is 7.09. The molecule has 8 nitrogen and oxygen atoms in total. The number of carbonyl (C=O) groups is 2. The first-order valence-corrected chi connectivity index (χ1v) is 9.36. The molecular formula is C22H20N4O4. The van der Waals surface area contributed by atoms with Gasteiger partial charge in [0.15, 0.2) is 12.3 Å². The Morgan fingerprint density at radius 2 is 1.80 bits per heavy atom. The quantitative estimate of drug-likeness (QED) is 0.632. The maximum Gasteiger partial charge on any atom is 0.359 e. The lowest BCUT2D eigenvalue weighted by molar-refractivity contribution is -0.119. The number of carbonyl (C=O) groups excluding carboxylic acids is 2. The van der Waals surface area contributed by atoms with E-state index in [2.05, 4.69) is 10.4 Å². The Balaban J connectivity index is 1.77. The molecule has 0 fully saturated rings. The standard InChI is InChI=1S/C22H20N4O4/c1-14(2)12-26-21(28)18-6-4-3-5-17(18)20(25-26)22(29)30-13-19(27)24-16-9-7-15(11-23)8-10-16/h3-10,14H,12-13H2,1-2H3,(H,24,27). The molecule has 1 amide bonds. The minimum Gasteiger partial charge on any atom is -0.451 e. The molecule has 0 spiro atoms. The molecule has 0 bridgehead atoms. The first-order valence-electron chi connectivity index (χ1n) is 9.36. The van der Waals surface area contributed by atoms with Crippen molar-refractivity contribution in [3.63, 3.8) is 0 Å². The van der Waals surface area contributed by atoms with Gasteiger partial charge in [0.25, 0.3) is 11.5 Å². The van der Waals surface area contributed by atoms with Crippen LogP contribution in [0.5, 0.6) is 0 Å². The molecule has 0 aliphatic heterocycles. The Hall–Kier alpha value is -3.99. The summed E-state index contributed by atoms with van der Waals surface area (Å²) < 4.78 is 6.38. The largest absolute Gasteiger partial charge is 0.451 e. The number of benzene rings is 2. The molecule has 1 N–H and O–H groups in total. The fraction of sp³-hybridized carbons (Fsp3) is 0.227. The zero-order valence-electron chi connectivity index (χ0n) is 16.6. The molecule has 3 aromatic rings. The molecule has 3 rings (SSSR count). The second-order valence-electron chi connectivity index (χ2n) is 7.09. The van der Waals surface area contributed by atoms with E-state index in [0.29, 0.717) is 28.6 Å². The van der Waals surface area contributed by atoms with Crippen LogP contribution in [0.1, 0.15) is 29.9 Å². The van der Waals surface area contributed by atoms with Crippen LogP contribution in [-0.2, 0) is 16.1 Å². The number of nitrogens with zero attached hydrogens (tertiary/aromatic N) is 3. The van der Waals surface area contributed by atoms with Crippen molar-refractivity contribution in [1.82, 2.24) is 9.78 Å². The van der Waals surface area contributed by atoms with Crippen molar-refractivity contribution in [2.24, 2.45) is 5.92 Å². The predicted octanol–water partition coefficient (Wildman–Crippen LogP) is 2.72. The number of aromatic nitrogens is 2. The van der Waals surface area contributed by atoms with E-state index >= 15 is 0 Å². The molecule has 0 atom stereocenters. The van der Waals surface area contributed by atoms with E-state index < -0.39 is 18.5 Å². The number of anilines is 1. The van der Waals surface area contributed by atoms with Crippen molar-refractivity contribution in [2.75, 3.05) is 11.9 Å². The van der Waals surface area contributed by atoms with Crippen LogP contribution in [0.4, 0.5) is 5.69 Å². The summed E-state index contributed by atoms with van der Waals surface area (Å²) in [6.45, 7) is 3.71. The molecule has 30 heavy (non-hydrogen) atoms. The van der Waals surface area contributed by atoms with Gasteiger partial charge in [-0.15, -0.1) is 0 Å². The Bertz CT molecular complexity index is 1190. The Labute approximate surface area is 172 Å². The molecule has 2 aromatic carbocycles. The van der Waals surface area contributed by atoms with E-state index in [4.69, 9.17) is 10.00 Å². The van der Waals surface area contributed by atoms with Crippen LogP contribution in [0.2, 0.25) is 0 Å². The number of hydrogen-bond acceptors (Lipinski definition) is 6. The van der Waals surface area contributed by atoms with Gasteiger partial charge in [-0.3, -0.25) is 9.59 Å². The average Bonchev–Trinajstić information content (AvgIpc) is 2.74. The lowest BCUT2D eigenvalue weighted by Crippen LogP contribution is -2.29. The predicted molar refractivity (Wildman–Crippen MR) is 111 cm³/mol. The van der Waals surface area contributed by atoms with E-state index in [1.807, 2.05) is 19.9 Å². The Morgan fingerprint density at radius 1 is 1.13 bits per heavy atom. The van der Waals surface area contributed by atoms with Crippen molar-refractivity contribution < 1.29 is 14.3 Å². The van der Waals surface area contributed by atoms with Crippen LogP contribution in [-0.4, -0.2) is 28.3 Å². The fourth-order valence-electron chi connectivity index (χ4n) is 2.88. The van der Waals surface area contributed by atoms with Gasteiger partial charge in [0.05, 0.1) is 17.0 Å². The summed E-state index contributed by atoms with van der Waals surface area (Å²) in [5, 5.41) is 16.3. The summed E-state index contributed by atoms with van der Waals surface area (Å²) in [6, 6.07) is 14.9. The van der Waals surface area contributed by atoms with Crippen molar-refractivity contribution in [3.8, 4) is 6.07 Å². The molecule has 0 unspecified atom stereocenters. The topological polar surface area (TPSA) is 114 Å². The van der Waals surface area contributed by atoms with E-state index in [1.165, 1.54) is 4.68 Å². The maximum atomic E-state index is 12.6. The van der Waals surface area contributed by atoms with Gasteiger partial charge in [-0.25, -0.2) is 9.48 Å². The summed E-state index contributed by atoms with van der Waals surface area (Å²) in [4.78, 5) is 37.4. The van der Waals surface area contributed by atoms with Gasteiger partial charge in [0, 0.05) is 17.6 Å². The molecule has 0 aliphatic rings. The summed E-state index contributed by atoms with van der Waals surface area (Å²) in [5.74, 6) is -1.18. The minimum absolute atomic E-state index is 0.0166. The SMILES string of the molecule is CC(C)Cn1nc(C(=O)OCC(=O)Nc2ccc(C#N)cc2)c2ccccc2c1=O. The third-order valence-electron chi connectivity index (χ3n) is 4.23. The van der Waals surface area contributed by atoms with Gasteiger partial charge < -0.3 is 10.1 Å². The highest BCUT2D eigenvalue weighted by Crippen LogP contribution is 2.15. The summed E-state index contributed by atoms with van der Waals surface area (Å²) in [6.07, 6.45) is 0. The molecule has 1 aromatic heterocycles. The Morgan fingerprint density at radius 3 is 2.43 bits per heavy atom. The van der Waals surface area contributed by atoms with Gasteiger partial charge in [0.1, 0.15) is 0 Å². The number of esters is 1. The molecule has 152 valence electrons. The number of hydrogen-bond donors (Lipinski definition) is 1. The van der Waals surface area contributed by atoms with E-state index in [0.717, 1.165) is 0 Å². The summed E-state index contributed by atoms with van der Waals surface area (Å²) in [7, 11) is 0. The molecule has 0 saturated carbocycles. The van der Waals surface area contributed by atoms with Gasteiger partial charge >= 0.3 is 5.97 Å². The van der Waals surface area contributed by atoms with Crippen LogP contribution >= 0.6 is 0 Å². The maximum absolute atomic E-state index is 12.6. The molecule has 0 saturated heterocycles. The summed E-state index contributed by atoms with van der Waals surface area (Å²) in [5.41, 5.74) is 0.643. The first kappa shape index (κ1) is 20.7. The van der Waals surface area contributed by atoms with Crippen LogP contribution in [0.3, 0.4) is 0 Å².